The Labute approximate surface area is 114 Å². The molecule has 0 aromatic carbocycles. The van der Waals surface area contributed by atoms with Crippen molar-refractivity contribution < 1.29 is 19.1 Å². The number of carbonyl (C=O) groups excluding carboxylic acids is 3. The quantitative estimate of drug-likeness (QED) is 0.600. The molecule has 0 aromatic heterocycles. The first-order valence-electron chi connectivity index (χ1n) is 5.25. The summed E-state index contributed by atoms with van der Waals surface area (Å²) in [5, 5.41) is 4.20. The summed E-state index contributed by atoms with van der Waals surface area (Å²) >= 11 is 11.6. The van der Waals surface area contributed by atoms with Gasteiger partial charge >= 0.3 is 12.0 Å². The molecule has 0 bridgehead atoms. The van der Waals surface area contributed by atoms with Gasteiger partial charge in [-0.25, -0.2) is 4.79 Å². The van der Waals surface area contributed by atoms with E-state index in [0.29, 0.717) is 0 Å². The first-order chi connectivity index (χ1) is 8.14. The summed E-state index contributed by atoms with van der Waals surface area (Å²) in [5.41, 5.74) is -1.00. The predicted molar refractivity (Wildman–Crippen MR) is 65.3 cm³/mol. The van der Waals surface area contributed by atoms with Gasteiger partial charge in [0.1, 0.15) is 9.75 Å². The van der Waals surface area contributed by atoms with E-state index in [1.807, 2.05) is 5.32 Å². The van der Waals surface area contributed by atoms with Crippen molar-refractivity contribution in [2.24, 2.45) is 5.41 Å². The number of nitrogens with one attached hydrogen (secondary N) is 2. The summed E-state index contributed by atoms with van der Waals surface area (Å²) in [6.07, 6.45) is -0.831. The highest BCUT2D eigenvalue weighted by Gasteiger charge is 2.69. The van der Waals surface area contributed by atoms with Crippen LogP contribution in [0, 0.1) is 5.41 Å². The molecule has 0 saturated heterocycles. The SMILES string of the molecule is CNC(=O)NC(=O)[C@@H](C)OC(=O)[C@]1(C)CC1(Cl)Cl. The molecule has 1 saturated carbocycles. The zero-order valence-corrected chi connectivity index (χ0v) is 11.7. The molecule has 3 amide bonds. The molecule has 2 N–H and O–H groups in total. The molecule has 1 aliphatic rings. The number of imide groups is 1. The van der Waals surface area contributed by atoms with Crippen molar-refractivity contribution >= 4 is 41.1 Å². The second-order valence-electron chi connectivity index (χ2n) is 4.33. The molecule has 0 aromatic rings. The number of urea groups is 1. The fourth-order valence-corrected chi connectivity index (χ4v) is 1.93. The van der Waals surface area contributed by atoms with Crippen molar-refractivity contribution in [1.82, 2.24) is 10.6 Å². The Bertz CT molecular complexity index is 399. The van der Waals surface area contributed by atoms with E-state index in [-0.39, 0.29) is 6.42 Å². The van der Waals surface area contributed by atoms with Crippen LogP contribution in [-0.2, 0) is 14.3 Å². The Hall–Kier alpha value is -1.01. The smallest absolute Gasteiger partial charge is 0.321 e. The molecular weight excluding hydrogens is 283 g/mol. The van der Waals surface area contributed by atoms with Crippen LogP contribution < -0.4 is 10.6 Å². The topological polar surface area (TPSA) is 84.5 Å². The number of amides is 3. The van der Waals surface area contributed by atoms with Crippen molar-refractivity contribution in [3.8, 4) is 0 Å². The highest BCUT2D eigenvalue weighted by atomic mass is 35.5. The van der Waals surface area contributed by atoms with Crippen molar-refractivity contribution in [2.75, 3.05) is 7.05 Å². The minimum Gasteiger partial charge on any atom is -0.452 e. The maximum Gasteiger partial charge on any atom is 0.321 e. The number of carbonyl (C=O) groups is 3. The van der Waals surface area contributed by atoms with Crippen LogP contribution in [0.5, 0.6) is 0 Å². The molecule has 1 rings (SSSR count). The number of halogens is 2. The van der Waals surface area contributed by atoms with Gasteiger partial charge in [0.25, 0.3) is 5.91 Å². The van der Waals surface area contributed by atoms with E-state index >= 15 is 0 Å². The zero-order valence-electron chi connectivity index (χ0n) is 10.2. The summed E-state index contributed by atoms with van der Waals surface area (Å²) in [4.78, 5) is 34.1. The van der Waals surface area contributed by atoms with Crippen LogP contribution in [0.25, 0.3) is 0 Å². The van der Waals surface area contributed by atoms with Crippen LogP contribution in [0.1, 0.15) is 20.3 Å². The lowest BCUT2D eigenvalue weighted by atomic mass is 10.1. The lowest BCUT2D eigenvalue weighted by Crippen LogP contribution is -2.44. The van der Waals surface area contributed by atoms with Crippen LogP contribution in [0.2, 0.25) is 0 Å². The molecule has 1 aliphatic carbocycles. The monoisotopic (exact) mass is 296 g/mol. The highest BCUT2D eigenvalue weighted by molar-refractivity contribution is 6.53. The summed E-state index contributed by atoms with van der Waals surface area (Å²) in [6.45, 7) is 2.91. The number of ether oxygens (including phenoxy) is 1. The molecule has 0 radical (unpaired) electrons. The first kappa shape index (κ1) is 15.0. The third kappa shape index (κ3) is 2.87. The molecule has 18 heavy (non-hydrogen) atoms. The van der Waals surface area contributed by atoms with Crippen LogP contribution in [0.15, 0.2) is 0 Å². The minimum absolute atomic E-state index is 0.270. The molecule has 0 spiro atoms. The van der Waals surface area contributed by atoms with E-state index in [4.69, 9.17) is 27.9 Å². The van der Waals surface area contributed by atoms with E-state index in [2.05, 4.69) is 5.32 Å². The Morgan fingerprint density at radius 3 is 2.22 bits per heavy atom. The predicted octanol–water partition coefficient (Wildman–Crippen LogP) is 0.958. The molecule has 0 unspecified atom stereocenters. The average Bonchev–Trinajstić information content (AvgIpc) is 2.79. The molecular formula is C10H14Cl2N2O4. The second kappa shape index (κ2) is 4.93. The van der Waals surface area contributed by atoms with Gasteiger partial charge in [0.15, 0.2) is 6.10 Å². The molecule has 0 aliphatic heterocycles. The van der Waals surface area contributed by atoms with Crippen molar-refractivity contribution in [3.63, 3.8) is 0 Å². The average molecular weight is 297 g/mol. The third-order valence-corrected chi connectivity index (χ3v) is 3.93. The van der Waals surface area contributed by atoms with Gasteiger partial charge in [-0.05, 0) is 13.8 Å². The van der Waals surface area contributed by atoms with Gasteiger partial charge in [0.05, 0.1) is 0 Å². The van der Waals surface area contributed by atoms with Gasteiger partial charge in [-0.2, -0.15) is 0 Å². The molecule has 8 heteroatoms. The molecule has 1 fully saturated rings. The number of alkyl halides is 2. The number of hydrogen-bond acceptors (Lipinski definition) is 4. The highest BCUT2D eigenvalue weighted by Crippen LogP contribution is 2.64. The van der Waals surface area contributed by atoms with Gasteiger partial charge < -0.3 is 10.1 Å². The number of rotatable bonds is 3. The second-order valence-corrected chi connectivity index (χ2v) is 5.81. The van der Waals surface area contributed by atoms with E-state index in [9.17, 15) is 14.4 Å². The van der Waals surface area contributed by atoms with E-state index in [1.165, 1.54) is 14.0 Å². The number of hydrogen-bond donors (Lipinski definition) is 2. The van der Waals surface area contributed by atoms with Crippen LogP contribution >= 0.6 is 23.2 Å². The van der Waals surface area contributed by atoms with Crippen LogP contribution in [-0.4, -0.2) is 35.4 Å². The largest absolute Gasteiger partial charge is 0.452 e. The van der Waals surface area contributed by atoms with Gasteiger partial charge in [-0.15, -0.1) is 23.2 Å². The molecule has 0 heterocycles. The normalized spacial score (nSPS) is 25.8. The van der Waals surface area contributed by atoms with Gasteiger partial charge in [-0.3, -0.25) is 14.9 Å². The standard InChI is InChI=1S/C10H14Cl2N2O4/c1-5(6(15)14-8(17)13-3)18-7(16)9(2)4-10(9,11)12/h5H,4H2,1-3H3,(H2,13,14,15,17)/t5-,9+/m1/s1. The summed E-state index contributed by atoms with van der Waals surface area (Å²) in [5.74, 6) is -1.38. The van der Waals surface area contributed by atoms with Gasteiger partial charge in [0, 0.05) is 13.5 Å². The summed E-state index contributed by atoms with van der Waals surface area (Å²) in [7, 11) is 1.36. The Morgan fingerprint density at radius 1 is 1.33 bits per heavy atom. The summed E-state index contributed by atoms with van der Waals surface area (Å²) < 4.78 is 3.77. The van der Waals surface area contributed by atoms with Crippen molar-refractivity contribution in [1.29, 1.82) is 0 Å². The molecule has 6 nitrogen and oxygen atoms in total. The lowest BCUT2D eigenvalue weighted by molar-refractivity contribution is -0.159. The number of esters is 1. The van der Waals surface area contributed by atoms with E-state index in [1.54, 1.807) is 6.92 Å². The summed E-state index contributed by atoms with van der Waals surface area (Å²) in [6, 6.07) is -0.676. The van der Waals surface area contributed by atoms with Gasteiger partial charge in [-0.1, -0.05) is 0 Å². The third-order valence-electron chi connectivity index (χ3n) is 2.83. The first-order valence-corrected chi connectivity index (χ1v) is 6.01. The molecule has 2 atom stereocenters. The van der Waals surface area contributed by atoms with Gasteiger partial charge in [0.2, 0.25) is 0 Å². The lowest BCUT2D eigenvalue weighted by Gasteiger charge is -2.16. The van der Waals surface area contributed by atoms with E-state index in [0.717, 1.165) is 0 Å². The van der Waals surface area contributed by atoms with E-state index < -0.39 is 33.8 Å². The Balaban J connectivity index is 2.51. The zero-order chi connectivity index (χ0) is 14.1. The van der Waals surface area contributed by atoms with Crippen molar-refractivity contribution in [3.05, 3.63) is 0 Å². The molecule has 102 valence electrons. The minimum atomic E-state index is -1.15. The van der Waals surface area contributed by atoms with Crippen molar-refractivity contribution in [2.45, 2.75) is 30.7 Å². The Kier molecular flexibility index (Phi) is 4.12. The van der Waals surface area contributed by atoms with Crippen LogP contribution in [0.4, 0.5) is 4.79 Å². The Morgan fingerprint density at radius 2 is 1.83 bits per heavy atom. The maximum absolute atomic E-state index is 11.7. The maximum atomic E-state index is 11.7. The fraction of sp³-hybridized carbons (Fsp3) is 0.700. The van der Waals surface area contributed by atoms with Crippen LogP contribution in [0.3, 0.4) is 0 Å². The fourth-order valence-electron chi connectivity index (χ4n) is 1.24.